The molecule has 1 aromatic carbocycles. The fraction of sp³-hybridized carbons (Fsp3) is 0.462. The highest BCUT2D eigenvalue weighted by atomic mass is 35.5. The highest BCUT2D eigenvalue weighted by Gasteiger charge is 2.20. The van der Waals surface area contributed by atoms with Crippen molar-refractivity contribution >= 4 is 34.2 Å². The highest BCUT2D eigenvalue weighted by Crippen LogP contribution is 2.29. The molecule has 1 aliphatic rings. The molecule has 17 heavy (non-hydrogen) atoms. The van der Waals surface area contributed by atoms with Crippen LogP contribution in [-0.2, 0) is 0 Å². The minimum absolute atomic E-state index is 0.611. The van der Waals surface area contributed by atoms with Crippen LogP contribution in [-0.4, -0.2) is 17.0 Å². The van der Waals surface area contributed by atoms with Gasteiger partial charge in [0.25, 0.3) is 0 Å². The molecule has 0 spiro atoms. The molecule has 0 saturated heterocycles. The van der Waals surface area contributed by atoms with Gasteiger partial charge in [-0.3, -0.25) is 4.99 Å². The third-order valence-electron chi connectivity index (χ3n) is 2.57. The van der Waals surface area contributed by atoms with Gasteiger partial charge in [-0.05, 0) is 24.5 Å². The van der Waals surface area contributed by atoms with Crippen molar-refractivity contribution in [1.29, 1.82) is 0 Å². The van der Waals surface area contributed by atoms with E-state index in [-0.39, 0.29) is 0 Å². The predicted molar refractivity (Wildman–Crippen MR) is 78.2 cm³/mol. The largest absolute Gasteiger partial charge is 0.334 e. The van der Waals surface area contributed by atoms with E-state index in [0.717, 1.165) is 28.3 Å². The van der Waals surface area contributed by atoms with Crippen molar-refractivity contribution in [2.24, 2.45) is 10.9 Å². The summed E-state index contributed by atoms with van der Waals surface area (Å²) in [5.74, 6) is 0.724. The molecule has 0 bridgehead atoms. The number of nitrogens with one attached hydrogen (secondary N) is 1. The van der Waals surface area contributed by atoms with E-state index in [1.807, 2.05) is 36.0 Å². The number of amidine groups is 1. The summed E-state index contributed by atoms with van der Waals surface area (Å²) in [4.78, 5) is 4.52. The van der Waals surface area contributed by atoms with Crippen LogP contribution in [0.4, 0.5) is 5.69 Å². The van der Waals surface area contributed by atoms with E-state index in [1.165, 1.54) is 6.42 Å². The van der Waals surface area contributed by atoms with Gasteiger partial charge >= 0.3 is 0 Å². The third kappa shape index (κ3) is 3.65. The lowest BCUT2D eigenvalue weighted by molar-refractivity contribution is 0.575. The van der Waals surface area contributed by atoms with Crippen LogP contribution in [0.5, 0.6) is 0 Å². The summed E-state index contributed by atoms with van der Waals surface area (Å²) < 4.78 is 0. The lowest BCUT2D eigenvalue weighted by atomic mass is 10.1. The van der Waals surface area contributed by atoms with Crippen molar-refractivity contribution < 1.29 is 0 Å². The molecular formula is C13H17ClN2S. The Morgan fingerprint density at radius 1 is 1.47 bits per heavy atom. The minimum Gasteiger partial charge on any atom is -0.334 e. The van der Waals surface area contributed by atoms with Gasteiger partial charge in [-0.2, -0.15) is 0 Å². The summed E-state index contributed by atoms with van der Waals surface area (Å²) in [7, 11) is 0. The molecule has 2 rings (SSSR count). The molecule has 0 fully saturated rings. The van der Waals surface area contributed by atoms with Gasteiger partial charge in [0.2, 0.25) is 0 Å². The van der Waals surface area contributed by atoms with Gasteiger partial charge in [-0.25, -0.2) is 0 Å². The van der Waals surface area contributed by atoms with Crippen LogP contribution in [0.25, 0.3) is 0 Å². The van der Waals surface area contributed by atoms with Crippen molar-refractivity contribution in [2.75, 3.05) is 11.9 Å². The summed E-state index contributed by atoms with van der Waals surface area (Å²) in [6.45, 7) is 5.41. The van der Waals surface area contributed by atoms with E-state index in [4.69, 9.17) is 11.6 Å². The van der Waals surface area contributed by atoms with Gasteiger partial charge in [0.1, 0.15) is 0 Å². The third-order valence-corrected chi connectivity index (χ3v) is 4.03. The van der Waals surface area contributed by atoms with E-state index in [0.29, 0.717) is 5.25 Å². The quantitative estimate of drug-likeness (QED) is 0.885. The van der Waals surface area contributed by atoms with E-state index in [2.05, 4.69) is 24.2 Å². The minimum atomic E-state index is 0.611. The first kappa shape index (κ1) is 12.8. The van der Waals surface area contributed by atoms with Gasteiger partial charge < -0.3 is 5.32 Å². The first-order chi connectivity index (χ1) is 8.15. The zero-order valence-electron chi connectivity index (χ0n) is 10.1. The summed E-state index contributed by atoms with van der Waals surface area (Å²) in [5, 5.41) is 5.63. The lowest BCUT2D eigenvalue weighted by Gasteiger charge is -2.11. The summed E-state index contributed by atoms with van der Waals surface area (Å²) in [5.41, 5.74) is 0.936. The molecule has 1 aromatic rings. The van der Waals surface area contributed by atoms with Crippen LogP contribution in [0.15, 0.2) is 29.3 Å². The van der Waals surface area contributed by atoms with Gasteiger partial charge in [0.15, 0.2) is 5.17 Å². The smallest absolute Gasteiger partial charge is 0.161 e. The monoisotopic (exact) mass is 268 g/mol. The Morgan fingerprint density at radius 2 is 2.24 bits per heavy atom. The van der Waals surface area contributed by atoms with Crippen LogP contribution in [0.1, 0.15) is 20.3 Å². The molecule has 0 amide bonds. The fourth-order valence-electron chi connectivity index (χ4n) is 1.81. The van der Waals surface area contributed by atoms with Crippen LogP contribution < -0.4 is 5.32 Å². The SMILES string of the molecule is CC(C)CC1CN=C(Nc2ccccc2Cl)S1. The summed E-state index contributed by atoms with van der Waals surface area (Å²) >= 11 is 7.92. The van der Waals surface area contributed by atoms with Crippen LogP contribution in [0.3, 0.4) is 0 Å². The number of para-hydroxylation sites is 1. The van der Waals surface area contributed by atoms with E-state index in [9.17, 15) is 0 Å². The zero-order chi connectivity index (χ0) is 12.3. The van der Waals surface area contributed by atoms with E-state index >= 15 is 0 Å². The number of hydrogen-bond acceptors (Lipinski definition) is 3. The molecule has 2 nitrogen and oxygen atoms in total. The molecule has 1 aliphatic heterocycles. The number of benzene rings is 1. The average molecular weight is 269 g/mol. The molecule has 0 saturated carbocycles. The molecule has 1 unspecified atom stereocenters. The Labute approximate surface area is 112 Å². The number of nitrogens with zero attached hydrogens (tertiary/aromatic N) is 1. The Bertz CT molecular complexity index is 418. The Kier molecular flexibility index (Phi) is 4.35. The molecule has 92 valence electrons. The van der Waals surface area contributed by atoms with Crippen molar-refractivity contribution in [1.82, 2.24) is 0 Å². The number of thioether (sulfide) groups is 1. The van der Waals surface area contributed by atoms with Crippen molar-refractivity contribution in [3.8, 4) is 0 Å². The average Bonchev–Trinajstić information content (AvgIpc) is 2.68. The molecule has 0 aliphatic carbocycles. The van der Waals surface area contributed by atoms with Gasteiger partial charge in [0.05, 0.1) is 17.3 Å². The molecular weight excluding hydrogens is 252 g/mol. The second-order valence-corrected chi connectivity index (χ2v) is 6.32. The van der Waals surface area contributed by atoms with E-state index in [1.54, 1.807) is 0 Å². The predicted octanol–water partition coefficient (Wildman–Crippen LogP) is 4.27. The number of aliphatic imine (C=N–C) groups is 1. The van der Waals surface area contributed by atoms with Crippen LogP contribution >= 0.6 is 23.4 Å². The van der Waals surface area contributed by atoms with Crippen molar-refractivity contribution in [3.63, 3.8) is 0 Å². The number of anilines is 1. The molecule has 0 aromatic heterocycles. The van der Waals surface area contributed by atoms with Crippen LogP contribution in [0.2, 0.25) is 5.02 Å². The topological polar surface area (TPSA) is 24.4 Å². The standard InChI is InChI=1S/C13H17ClN2S/c1-9(2)7-10-8-15-13(17-10)16-12-6-4-3-5-11(12)14/h3-6,9-10H,7-8H2,1-2H3,(H,15,16). The Balaban J connectivity index is 1.92. The zero-order valence-corrected chi connectivity index (χ0v) is 11.7. The Morgan fingerprint density at radius 3 is 2.94 bits per heavy atom. The summed E-state index contributed by atoms with van der Waals surface area (Å²) in [6.07, 6.45) is 1.21. The number of rotatable bonds is 3. The van der Waals surface area contributed by atoms with Crippen LogP contribution in [0, 0.1) is 5.92 Å². The maximum absolute atomic E-state index is 6.10. The first-order valence-electron chi connectivity index (χ1n) is 5.88. The van der Waals surface area contributed by atoms with Crippen molar-refractivity contribution in [2.45, 2.75) is 25.5 Å². The van der Waals surface area contributed by atoms with E-state index < -0.39 is 0 Å². The summed E-state index contributed by atoms with van der Waals surface area (Å²) in [6, 6.07) is 7.76. The van der Waals surface area contributed by atoms with Crippen molar-refractivity contribution in [3.05, 3.63) is 29.3 Å². The molecule has 1 heterocycles. The maximum atomic E-state index is 6.10. The van der Waals surface area contributed by atoms with Gasteiger partial charge in [-0.1, -0.05) is 49.3 Å². The fourth-order valence-corrected chi connectivity index (χ4v) is 3.26. The molecule has 4 heteroatoms. The highest BCUT2D eigenvalue weighted by molar-refractivity contribution is 8.15. The molecule has 0 radical (unpaired) electrons. The Hall–Kier alpha value is -0.670. The van der Waals surface area contributed by atoms with Gasteiger partial charge in [-0.15, -0.1) is 0 Å². The van der Waals surface area contributed by atoms with Gasteiger partial charge in [0, 0.05) is 5.25 Å². The molecule has 1 atom stereocenters. The first-order valence-corrected chi connectivity index (χ1v) is 7.13. The lowest BCUT2D eigenvalue weighted by Crippen LogP contribution is -2.09. The maximum Gasteiger partial charge on any atom is 0.161 e. The second kappa shape index (κ2) is 5.78. The normalized spacial score (nSPS) is 19.5. The number of halogens is 1. The number of hydrogen-bond donors (Lipinski definition) is 1. The second-order valence-electron chi connectivity index (χ2n) is 4.62. The molecule has 1 N–H and O–H groups in total.